The molecular weight excluding hydrogens is 262 g/mol. The van der Waals surface area contributed by atoms with Crippen molar-refractivity contribution in [1.82, 2.24) is 20.4 Å². The van der Waals surface area contributed by atoms with Gasteiger partial charge in [0.05, 0.1) is 0 Å². The van der Waals surface area contributed by atoms with Crippen LogP contribution in [0.5, 0.6) is 0 Å². The molecule has 2 N–H and O–H groups in total. The lowest BCUT2D eigenvalue weighted by atomic mass is 10.2. The average molecular weight is 297 g/mol. The molecule has 0 aromatic carbocycles. The Morgan fingerprint density at radius 2 is 1.71 bits per heavy atom. The molecule has 0 bridgehead atoms. The summed E-state index contributed by atoms with van der Waals surface area (Å²) in [7, 11) is 0. The van der Waals surface area contributed by atoms with E-state index in [1.165, 1.54) is 32.7 Å². The van der Waals surface area contributed by atoms with Gasteiger partial charge in [-0.15, -0.1) is 0 Å². The fourth-order valence-electron chi connectivity index (χ4n) is 2.51. The van der Waals surface area contributed by atoms with Crippen molar-refractivity contribution in [3.63, 3.8) is 0 Å². The number of aliphatic imine (C=N–C) groups is 1. The van der Waals surface area contributed by atoms with Gasteiger partial charge in [-0.2, -0.15) is 0 Å². The minimum absolute atomic E-state index is 0.548. The number of hydrogen-bond donors (Lipinski definition) is 2. The van der Waals surface area contributed by atoms with Gasteiger partial charge in [0, 0.05) is 51.9 Å². The van der Waals surface area contributed by atoms with E-state index in [2.05, 4.69) is 60.0 Å². The maximum Gasteiger partial charge on any atom is 0.191 e. The molecule has 124 valence electrons. The predicted octanol–water partition coefficient (Wildman–Crippen LogP) is 1.22. The molecule has 1 aliphatic heterocycles. The summed E-state index contributed by atoms with van der Waals surface area (Å²) in [6.45, 7) is 19.7. The van der Waals surface area contributed by atoms with E-state index in [4.69, 9.17) is 0 Å². The number of guanidine groups is 1. The van der Waals surface area contributed by atoms with Crippen LogP contribution >= 0.6 is 0 Å². The fraction of sp³-hybridized carbons (Fsp3) is 0.938. The molecule has 0 radical (unpaired) electrons. The lowest BCUT2D eigenvalue weighted by Crippen LogP contribution is -2.53. The third-order valence-corrected chi connectivity index (χ3v) is 4.00. The Bertz CT molecular complexity index is 295. The molecule has 5 heteroatoms. The number of nitrogens with one attached hydrogen (secondary N) is 2. The minimum atomic E-state index is 0.548. The highest BCUT2D eigenvalue weighted by molar-refractivity contribution is 5.79. The van der Waals surface area contributed by atoms with Crippen LogP contribution in [0.15, 0.2) is 4.99 Å². The summed E-state index contributed by atoms with van der Waals surface area (Å²) in [5, 5.41) is 6.81. The van der Waals surface area contributed by atoms with Gasteiger partial charge in [0.1, 0.15) is 0 Å². The van der Waals surface area contributed by atoms with Crippen molar-refractivity contribution in [1.29, 1.82) is 0 Å². The molecule has 1 atom stereocenters. The van der Waals surface area contributed by atoms with Gasteiger partial charge < -0.3 is 15.5 Å². The second-order valence-electron chi connectivity index (χ2n) is 6.31. The molecular formula is C16H35N5. The Labute approximate surface area is 131 Å². The Morgan fingerprint density at radius 1 is 1.05 bits per heavy atom. The van der Waals surface area contributed by atoms with Gasteiger partial charge in [-0.05, 0) is 26.3 Å². The van der Waals surface area contributed by atoms with Crippen molar-refractivity contribution < 1.29 is 0 Å². The summed E-state index contributed by atoms with van der Waals surface area (Å²) in [5.74, 6) is 1.55. The SMILES string of the molecule is CCNC(=NCC(C)C)NCC(C)N1CCN(CC)CC1. The summed E-state index contributed by atoms with van der Waals surface area (Å²) >= 11 is 0. The van der Waals surface area contributed by atoms with Gasteiger partial charge in [-0.1, -0.05) is 20.8 Å². The van der Waals surface area contributed by atoms with Gasteiger partial charge in [-0.25, -0.2) is 0 Å². The lowest BCUT2D eigenvalue weighted by Gasteiger charge is -2.37. The summed E-state index contributed by atoms with van der Waals surface area (Å²) in [4.78, 5) is 9.72. The number of likely N-dealkylation sites (N-methyl/N-ethyl adjacent to an activating group) is 1. The molecule has 1 fully saturated rings. The monoisotopic (exact) mass is 297 g/mol. The Kier molecular flexibility index (Phi) is 8.69. The van der Waals surface area contributed by atoms with E-state index >= 15 is 0 Å². The third-order valence-electron chi connectivity index (χ3n) is 4.00. The number of nitrogens with zero attached hydrogens (tertiary/aromatic N) is 3. The molecule has 1 aliphatic rings. The zero-order chi connectivity index (χ0) is 15.7. The molecule has 0 amide bonds. The van der Waals surface area contributed by atoms with Gasteiger partial charge >= 0.3 is 0 Å². The molecule has 0 spiro atoms. The summed E-state index contributed by atoms with van der Waals surface area (Å²) in [6.07, 6.45) is 0. The van der Waals surface area contributed by atoms with Crippen LogP contribution in [0.1, 0.15) is 34.6 Å². The zero-order valence-electron chi connectivity index (χ0n) is 14.7. The van der Waals surface area contributed by atoms with Crippen LogP contribution in [0.2, 0.25) is 0 Å². The normalized spacial score (nSPS) is 19.8. The standard InChI is InChI=1S/C16H35N5/c1-6-17-16(18-12-14(3)4)19-13-15(5)21-10-8-20(7-2)9-11-21/h14-15H,6-13H2,1-5H3,(H2,17,18,19). The van der Waals surface area contributed by atoms with Crippen molar-refractivity contribution in [2.24, 2.45) is 10.9 Å². The first-order valence-electron chi connectivity index (χ1n) is 8.55. The topological polar surface area (TPSA) is 42.9 Å². The Morgan fingerprint density at radius 3 is 2.24 bits per heavy atom. The van der Waals surface area contributed by atoms with E-state index in [0.29, 0.717) is 12.0 Å². The van der Waals surface area contributed by atoms with Crippen molar-refractivity contribution in [3.8, 4) is 0 Å². The second-order valence-corrected chi connectivity index (χ2v) is 6.31. The van der Waals surface area contributed by atoms with Gasteiger partial charge in [0.25, 0.3) is 0 Å². The van der Waals surface area contributed by atoms with Gasteiger partial charge in [0.15, 0.2) is 5.96 Å². The number of hydrogen-bond acceptors (Lipinski definition) is 3. The molecule has 5 nitrogen and oxygen atoms in total. The first-order valence-corrected chi connectivity index (χ1v) is 8.55. The highest BCUT2D eigenvalue weighted by Crippen LogP contribution is 2.05. The fourth-order valence-corrected chi connectivity index (χ4v) is 2.51. The maximum atomic E-state index is 4.62. The molecule has 0 aromatic rings. The van der Waals surface area contributed by atoms with Gasteiger partial charge in [0.2, 0.25) is 0 Å². The van der Waals surface area contributed by atoms with Crippen LogP contribution in [-0.2, 0) is 0 Å². The van der Waals surface area contributed by atoms with E-state index in [-0.39, 0.29) is 0 Å². The van der Waals surface area contributed by atoms with Crippen molar-refractivity contribution in [3.05, 3.63) is 0 Å². The highest BCUT2D eigenvalue weighted by atomic mass is 15.3. The largest absolute Gasteiger partial charge is 0.357 e. The minimum Gasteiger partial charge on any atom is -0.357 e. The molecule has 21 heavy (non-hydrogen) atoms. The predicted molar refractivity (Wildman–Crippen MR) is 92.0 cm³/mol. The van der Waals surface area contributed by atoms with E-state index in [1.54, 1.807) is 0 Å². The van der Waals surface area contributed by atoms with Crippen LogP contribution in [-0.4, -0.2) is 74.2 Å². The van der Waals surface area contributed by atoms with Crippen molar-refractivity contribution >= 4 is 5.96 Å². The van der Waals surface area contributed by atoms with Crippen LogP contribution < -0.4 is 10.6 Å². The molecule has 0 saturated carbocycles. The highest BCUT2D eigenvalue weighted by Gasteiger charge is 2.20. The molecule has 1 rings (SSSR count). The average Bonchev–Trinajstić information content (AvgIpc) is 2.49. The molecule has 1 heterocycles. The second kappa shape index (κ2) is 10.0. The lowest BCUT2D eigenvalue weighted by molar-refractivity contribution is 0.107. The summed E-state index contributed by atoms with van der Waals surface area (Å²) in [6, 6.07) is 0.548. The van der Waals surface area contributed by atoms with Crippen molar-refractivity contribution in [2.75, 3.05) is 52.4 Å². The van der Waals surface area contributed by atoms with E-state index in [0.717, 1.165) is 25.6 Å². The first-order chi connectivity index (χ1) is 10.1. The van der Waals surface area contributed by atoms with E-state index in [1.807, 2.05) is 0 Å². The molecule has 1 saturated heterocycles. The molecule has 1 unspecified atom stereocenters. The maximum absolute atomic E-state index is 4.62. The van der Waals surface area contributed by atoms with Crippen LogP contribution in [0.4, 0.5) is 0 Å². The summed E-state index contributed by atoms with van der Waals surface area (Å²) in [5.41, 5.74) is 0. The summed E-state index contributed by atoms with van der Waals surface area (Å²) < 4.78 is 0. The quantitative estimate of drug-likeness (QED) is 0.548. The Hall–Kier alpha value is -0.810. The third kappa shape index (κ3) is 7.14. The Balaban J connectivity index is 2.35. The van der Waals surface area contributed by atoms with Crippen molar-refractivity contribution in [2.45, 2.75) is 40.7 Å². The van der Waals surface area contributed by atoms with Crippen LogP contribution in [0, 0.1) is 5.92 Å². The zero-order valence-corrected chi connectivity index (χ0v) is 14.7. The first kappa shape index (κ1) is 18.2. The van der Waals surface area contributed by atoms with Gasteiger partial charge in [-0.3, -0.25) is 9.89 Å². The van der Waals surface area contributed by atoms with E-state index in [9.17, 15) is 0 Å². The smallest absolute Gasteiger partial charge is 0.191 e. The molecule has 0 aromatic heterocycles. The van der Waals surface area contributed by atoms with E-state index < -0.39 is 0 Å². The number of piperazine rings is 1. The van der Waals surface area contributed by atoms with Crippen LogP contribution in [0.25, 0.3) is 0 Å². The van der Waals surface area contributed by atoms with Crippen LogP contribution in [0.3, 0.4) is 0 Å². The molecule has 0 aliphatic carbocycles. The number of rotatable bonds is 7.